The molecule has 0 saturated heterocycles. The number of nitrogens with one attached hydrogen (secondary N) is 4. The van der Waals surface area contributed by atoms with Crippen LogP contribution in [-0.2, 0) is 0 Å². The predicted octanol–water partition coefficient (Wildman–Crippen LogP) is 24.9. The highest BCUT2D eigenvalue weighted by atomic mass is 32.1. The zero-order valence-corrected chi connectivity index (χ0v) is 52.9. The summed E-state index contributed by atoms with van der Waals surface area (Å²) in [7, 11) is 3.32. The van der Waals surface area contributed by atoms with E-state index in [-0.39, 0.29) is 0 Å². The van der Waals surface area contributed by atoms with Gasteiger partial charge in [0.15, 0.2) is 0 Å². The third-order valence-electron chi connectivity index (χ3n) is 16.2. The smallest absolute Gasteiger partial charge is 0.135 e. The Balaban J connectivity index is 0.000000109. The highest BCUT2D eigenvalue weighted by Crippen LogP contribution is 2.39. The number of hydrogen-bond acceptors (Lipinski definition) is 9. The van der Waals surface area contributed by atoms with E-state index in [1.54, 1.807) is 14.2 Å². The maximum Gasteiger partial charge on any atom is 0.135 e. The van der Waals surface area contributed by atoms with Crippen LogP contribution in [-0.4, -0.2) is 14.2 Å². The second kappa shape index (κ2) is 27.6. The Bertz CT molecular complexity index is 5180. The summed E-state index contributed by atoms with van der Waals surface area (Å²) in [4.78, 5) is 0. The van der Waals surface area contributed by atoms with Crippen LogP contribution in [0.5, 0.6) is 11.5 Å². The lowest BCUT2D eigenvalue weighted by molar-refractivity contribution is 0.415. The van der Waals surface area contributed by atoms with E-state index < -0.39 is 0 Å². The van der Waals surface area contributed by atoms with Gasteiger partial charge in [0.2, 0.25) is 0 Å². The molecule has 7 nitrogen and oxygen atoms in total. The summed E-state index contributed by atoms with van der Waals surface area (Å²) in [5.74, 6) is 1.70. The van der Waals surface area contributed by atoms with Gasteiger partial charge < -0.3 is 35.2 Å². The van der Waals surface area contributed by atoms with E-state index in [4.69, 9.17) is 13.9 Å². The first-order valence-electron chi connectivity index (χ1n) is 30.8. The molecule has 0 spiro atoms. The fraction of sp³-hybridized carbons (Fsp3) is 0.0238. The van der Waals surface area contributed by atoms with Gasteiger partial charge in [0.05, 0.1) is 14.2 Å². The molecule has 17 rings (SSSR count). The number of furan rings is 1. The third kappa shape index (κ3) is 13.8. The molecule has 93 heavy (non-hydrogen) atoms. The van der Waals surface area contributed by atoms with Crippen molar-refractivity contribution in [3.8, 4) is 33.8 Å². The second-order valence-corrected chi connectivity index (χ2v) is 24.5. The molecule has 0 unspecified atom stereocenters. The molecule has 0 aliphatic heterocycles. The number of methoxy groups -OCH3 is 2. The number of para-hydroxylation sites is 1. The molecule has 0 bridgehead atoms. The van der Waals surface area contributed by atoms with E-state index in [2.05, 4.69) is 264 Å². The Kier molecular flexibility index (Phi) is 17.5. The lowest BCUT2D eigenvalue weighted by atomic mass is 10.1. The van der Waals surface area contributed by atoms with Crippen LogP contribution in [0.4, 0.5) is 45.5 Å². The average molecular weight is 1240 g/mol. The lowest BCUT2D eigenvalue weighted by Crippen LogP contribution is -1.91. The lowest BCUT2D eigenvalue weighted by Gasteiger charge is -2.10. The Morgan fingerprint density at radius 3 is 1.25 bits per heavy atom. The minimum absolute atomic E-state index is 0.852. The molecule has 4 N–H and O–H groups in total. The van der Waals surface area contributed by atoms with Crippen molar-refractivity contribution < 1.29 is 13.9 Å². The minimum Gasteiger partial charge on any atom is -0.497 e. The number of fused-ring (bicyclic) bond motifs is 10. The summed E-state index contributed by atoms with van der Waals surface area (Å²) in [6, 6.07) is 113. The van der Waals surface area contributed by atoms with E-state index in [1.165, 1.54) is 73.4 Å². The Morgan fingerprint density at radius 2 is 0.634 bits per heavy atom. The fourth-order valence-corrected chi connectivity index (χ4v) is 13.7. The molecule has 9 heteroatoms. The molecule has 3 heterocycles. The maximum absolute atomic E-state index is 5.93. The standard InChI is InChI=1S/C24H15NOS.C24H17NS.C22H17N.C14H15NO2/c1-3-7-21-17(5-1)19-13-15(9-11-22(19)26-21)25-16-10-12-24-20(14-16)18-6-2-4-8-23(18)27-24;1-2-6-17(7-3-1)18-10-12-19(13-11-18)25-20-14-15-22-21-8-4-5-9-23(21)26-24(22)16-20;1-2-7-17(8-3-1)18-13-15-20(16-14-18)23-22-12-6-10-19-9-4-5-11-21(19)22;1-16-13-7-3-11(4-8-13)15-12-5-9-14(17-2)10-6-12/h1-14,25H;1-16,25H;1-16,23H;3-10,15H,1-2H3. The number of ether oxygens (including phenoxy) is 2. The Hall–Kier alpha value is -11.6. The summed E-state index contributed by atoms with van der Waals surface area (Å²) in [5, 5.41) is 24.0. The molecule has 17 aromatic rings. The van der Waals surface area contributed by atoms with Gasteiger partial charge in [-0.05, 0) is 173 Å². The molecule has 0 fully saturated rings. The van der Waals surface area contributed by atoms with Crippen LogP contribution in [0.3, 0.4) is 0 Å². The third-order valence-corrected chi connectivity index (χ3v) is 18.5. The monoisotopic (exact) mass is 1240 g/mol. The number of hydrogen-bond donors (Lipinski definition) is 4. The first kappa shape index (κ1) is 59.0. The van der Waals surface area contributed by atoms with E-state index in [1.807, 2.05) is 108 Å². The molecule has 450 valence electrons. The molecule has 0 aliphatic rings. The Morgan fingerprint density at radius 1 is 0.247 bits per heavy atom. The van der Waals surface area contributed by atoms with Gasteiger partial charge in [-0.1, -0.05) is 182 Å². The highest BCUT2D eigenvalue weighted by molar-refractivity contribution is 7.26. The first-order chi connectivity index (χ1) is 45.9. The molecule has 0 amide bonds. The van der Waals surface area contributed by atoms with Crippen LogP contribution in [0, 0.1) is 0 Å². The molecule has 0 aliphatic carbocycles. The highest BCUT2D eigenvalue weighted by Gasteiger charge is 2.11. The number of benzene rings is 14. The number of thiophene rings is 2. The average Bonchev–Trinajstić information content (AvgIpc) is 1.71. The molecule has 0 atom stereocenters. The van der Waals surface area contributed by atoms with Crippen molar-refractivity contribution >= 4 is 141 Å². The normalized spacial score (nSPS) is 10.9. The Labute approximate surface area is 548 Å². The summed E-state index contributed by atoms with van der Waals surface area (Å²) in [5.41, 5.74) is 15.5. The summed E-state index contributed by atoms with van der Waals surface area (Å²) < 4.78 is 21.4. The topological polar surface area (TPSA) is 79.7 Å². The molecule has 3 aromatic heterocycles. The van der Waals surface area contributed by atoms with E-state index in [0.717, 1.165) is 78.9 Å². The first-order valence-corrected chi connectivity index (χ1v) is 32.5. The molecule has 0 radical (unpaired) electrons. The van der Waals surface area contributed by atoms with Crippen molar-refractivity contribution in [3.05, 3.63) is 328 Å². The largest absolute Gasteiger partial charge is 0.497 e. The SMILES string of the molecule is COc1ccc(Nc2ccc(OC)cc2)cc1.c1ccc(-c2ccc(Nc3ccc4c(c3)sc3ccccc34)cc2)cc1.c1ccc(-c2ccc(Nc3cccc4ccccc34)cc2)cc1.c1ccc2c(c1)oc1ccc(Nc3ccc4sc5ccccc5c4c3)cc12. The molecule has 0 saturated carbocycles. The van der Waals surface area contributed by atoms with Gasteiger partial charge in [0, 0.05) is 102 Å². The van der Waals surface area contributed by atoms with Crippen LogP contribution in [0.15, 0.2) is 332 Å². The van der Waals surface area contributed by atoms with Crippen molar-refractivity contribution in [2.24, 2.45) is 0 Å². The number of anilines is 8. The molecular weight excluding hydrogens is 1180 g/mol. The van der Waals surface area contributed by atoms with E-state index >= 15 is 0 Å². The van der Waals surface area contributed by atoms with Crippen molar-refractivity contribution in [3.63, 3.8) is 0 Å². The van der Waals surface area contributed by atoms with Crippen molar-refractivity contribution in [2.45, 2.75) is 0 Å². The summed E-state index contributed by atoms with van der Waals surface area (Å²) >= 11 is 3.69. The van der Waals surface area contributed by atoms with E-state index in [0.29, 0.717) is 0 Å². The van der Waals surface area contributed by atoms with Crippen LogP contribution in [0.1, 0.15) is 0 Å². The maximum atomic E-state index is 5.93. The van der Waals surface area contributed by atoms with Crippen LogP contribution in [0.2, 0.25) is 0 Å². The van der Waals surface area contributed by atoms with Gasteiger partial charge in [-0.25, -0.2) is 0 Å². The second-order valence-electron chi connectivity index (χ2n) is 22.3. The fourth-order valence-electron chi connectivity index (χ4n) is 11.5. The van der Waals surface area contributed by atoms with Gasteiger partial charge in [-0.3, -0.25) is 0 Å². The summed E-state index contributed by atoms with van der Waals surface area (Å²) in [6.45, 7) is 0. The van der Waals surface area contributed by atoms with E-state index in [9.17, 15) is 0 Å². The predicted molar refractivity (Wildman–Crippen MR) is 399 cm³/mol. The van der Waals surface area contributed by atoms with Gasteiger partial charge >= 0.3 is 0 Å². The molecular formula is C84H64N4O3S2. The van der Waals surface area contributed by atoms with Crippen LogP contribution >= 0.6 is 22.7 Å². The summed E-state index contributed by atoms with van der Waals surface area (Å²) in [6.07, 6.45) is 0. The minimum atomic E-state index is 0.852. The quantitative estimate of drug-likeness (QED) is 0.0971. The van der Waals surface area contributed by atoms with Crippen LogP contribution < -0.4 is 30.7 Å². The molecule has 14 aromatic carbocycles. The van der Waals surface area contributed by atoms with Crippen molar-refractivity contribution in [2.75, 3.05) is 35.5 Å². The van der Waals surface area contributed by atoms with Crippen LogP contribution in [0.25, 0.3) is 95.3 Å². The van der Waals surface area contributed by atoms with Gasteiger partial charge in [0.1, 0.15) is 22.7 Å². The van der Waals surface area contributed by atoms with Gasteiger partial charge in [-0.2, -0.15) is 0 Å². The zero-order valence-electron chi connectivity index (χ0n) is 51.2. The van der Waals surface area contributed by atoms with Crippen molar-refractivity contribution in [1.82, 2.24) is 0 Å². The van der Waals surface area contributed by atoms with Crippen molar-refractivity contribution in [1.29, 1.82) is 0 Å². The van der Waals surface area contributed by atoms with Gasteiger partial charge in [0.25, 0.3) is 0 Å². The van der Waals surface area contributed by atoms with Gasteiger partial charge in [-0.15, -0.1) is 22.7 Å². The zero-order chi connectivity index (χ0) is 62.7. The number of rotatable bonds is 12.